The van der Waals surface area contributed by atoms with E-state index in [0.29, 0.717) is 44.5 Å². The predicted octanol–water partition coefficient (Wildman–Crippen LogP) is 2.76. The Labute approximate surface area is 125 Å². The Hall–Kier alpha value is -1.63. The average molecular weight is 315 g/mol. The quantitative estimate of drug-likeness (QED) is 0.788. The standard InChI is InChI=1S/C15H16F3NO3/c16-15(17,18)12-2-1-10(9-19-12)7-11-8-14(22-13(11)20)3-5-21-6-4-14/h1-2,9,11H,3-8H2. The van der Waals surface area contributed by atoms with Gasteiger partial charge in [0.05, 0.1) is 19.1 Å². The van der Waals surface area contributed by atoms with Crippen molar-refractivity contribution in [3.05, 3.63) is 29.6 Å². The van der Waals surface area contributed by atoms with Crippen molar-refractivity contribution in [3.8, 4) is 0 Å². The van der Waals surface area contributed by atoms with Crippen LogP contribution in [0.5, 0.6) is 0 Å². The molecule has 22 heavy (non-hydrogen) atoms. The summed E-state index contributed by atoms with van der Waals surface area (Å²) in [6.07, 6.45) is -0.953. The van der Waals surface area contributed by atoms with Gasteiger partial charge >= 0.3 is 12.1 Å². The molecular formula is C15H16F3NO3. The Morgan fingerprint density at radius 2 is 2.00 bits per heavy atom. The molecule has 0 aromatic carbocycles. The molecular weight excluding hydrogens is 299 g/mol. The maximum Gasteiger partial charge on any atom is 0.433 e. The zero-order valence-electron chi connectivity index (χ0n) is 11.9. The highest BCUT2D eigenvalue weighted by molar-refractivity contribution is 5.75. The highest BCUT2D eigenvalue weighted by atomic mass is 19.4. The monoisotopic (exact) mass is 315 g/mol. The SMILES string of the molecule is O=C1OC2(CCOCC2)CC1Cc1ccc(C(F)(F)F)nc1. The van der Waals surface area contributed by atoms with E-state index in [2.05, 4.69) is 4.98 Å². The Morgan fingerprint density at radius 3 is 2.59 bits per heavy atom. The molecule has 2 aliphatic rings. The number of carbonyl (C=O) groups is 1. The van der Waals surface area contributed by atoms with Crippen molar-refractivity contribution >= 4 is 5.97 Å². The summed E-state index contributed by atoms with van der Waals surface area (Å²) >= 11 is 0. The first kappa shape index (κ1) is 15.3. The lowest BCUT2D eigenvalue weighted by molar-refractivity contribution is -0.156. The minimum atomic E-state index is -4.45. The van der Waals surface area contributed by atoms with Gasteiger partial charge in [0.1, 0.15) is 11.3 Å². The van der Waals surface area contributed by atoms with E-state index in [-0.39, 0.29) is 11.9 Å². The van der Waals surface area contributed by atoms with Crippen molar-refractivity contribution in [2.45, 2.75) is 37.5 Å². The molecule has 1 unspecified atom stereocenters. The Bertz CT molecular complexity index is 550. The average Bonchev–Trinajstić information content (AvgIpc) is 2.75. The minimum Gasteiger partial charge on any atom is -0.459 e. The van der Waals surface area contributed by atoms with Gasteiger partial charge in [0.2, 0.25) is 0 Å². The van der Waals surface area contributed by atoms with Gasteiger partial charge in [-0.2, -0.15) is 13.2 Å². The van der Waals surface area contributed by atoms with Gasteiger partial charge in [-0.25, -0.2) is 0 Å². The van der Waals surface area contributed by atoms with E-state index in [1.165, 1.54) is 12.3 Å². The summed E-state index contributed by atoms with van der Waals surface area (Å²) in [4.78, 5) is 15.4. The van der Waals surface area contributed by atoms with Crippen molar-refractivity contribution in [2.75, 3.05) is 13.2 Å². The number of pyridine rings is 1. The maximum absolute atomic E-state index is 12.5. The molecule has 3 heterocycles. The Balaban J connectivity index is 1.67. The molecule has 4 nitrogen and oxygen atoms in total. The van der Waals surface area contributed by atoms with Gasteiger partial charge in [0, 0.05) is 25.5 Å². The second-order valence-electron chi connectivity index (χ2n) is 5.87. The number of hydrogen-bond acceptors (Lipinski definition) is 4. The van der Waals surface area contributed by atoms with E-state index < -0.39 is 17.5 Å². The zero-order valence-corrected chi connectivity index (χ0v) is 11.9. The molecule has 1 spiro atoms. The normalized spacial score (nSPS) is 24.5. The first-order valence-electron chi connectivity index (χ1n) is 7.21. The number of aromatic nitrogens is 1. The predicted molar refractivity (Wildman–Crippen MR) is 69.9 cm³/mol. The highest BCUT2D eigenvalue weighted by Crippen LogP contribution is 2.40. The minimum absolute atomic E-state index is 0.276. The summed E-state index contributed by atoms with van der Waals surface area (Å²) < 4.78 is 48.2. The molecule has 120 valence electrons. The fourth-order valence-electron chi connectivity index (χ4n) is 3.07. The van der Waals surface area contributed by atoms with Crippen molar-refractivity contribution in [1.82, 2.24) is 4.98 Å². The van der Waals surface area contributed by atoms with Crippen LogP contribution >= 0.6 is 0 Å². The van der Waals surface area contributed by atoms with Crippen LogP contribution in [0, 0.1) is 5.92 Å². The number of carbonyl (C=O) groups excluding carboxylic acids is 1. The van der Waals surface area contributed by atoms with Crippen LogP contribution in [0.2, 0.25) is 0 Å². The molecule has 0 aliphatic carbocycles. The largest absolute Gasteiger partial charge is 0.459 e. The van der Waals surface area contributed by atoms with Crippen LogP contribution in [-0.2, 0) is 26.9 Å². The van der Waals surface area contributed by atoms with Gasteiger partial charge in [0.15, 0.2) is 0 Å². The number of rotatable bonds is 2. The maximum atomic E-state index is 12.5. The lowest BCUT2D eigenvalue weighted by Crippen LogP contribution is -2.35. The molecule has 1 aromatic rings. The smallest absolute Gasteiger partial charge is 0.433 e. The fourth-order valence-corrected chi connectivity index (χ4v) is 3.07. The molecule has 1 aromatic heterocycles. The van der Waals surface area contributed by atoms with Crippen LogP contribution in [0.25, 0.3) is 0 Å². The Morgan fingerprint density at radius 1 is 1.27 bits per heavy atom. The van der Waals surface area contributed by atoms with Gasteiger partial charge < -0.3 is 9.47 Å². The summed E-state index contributed by atoms with van der Waals surface area (Å²) in [5.74, 6) is -0.599. The molecule has 3 rings (SSSR count). The van der Waals surface area contributed by atoms with E-state index in [0.717, 1.165) is 6.07 Å². The van der Waals surface area contributed by atoms with Crippen LogP contribution < -0.4 is 0 Å². The molecule has 1 atom stereocenters. The summed E-state index contributed by atoms with van der Waals surface area (Å²) in [5.41, 5.74) is -0.760. The van der Waals surface area contributed by atoms with Gasteiger partial charge in [0.25, 0.3) is 0 Å². The van der Waals surface area contributed by atoms with E-state index in [4.69, 9.17) is 9.47 Å². The van der Waals surface area contributed by atoms with E-state index in [1.807, 2.05) is 0 Å². The topological polar surface area (TPSA) is 48.4 Å². The molecule has 0 N–H and O–H groups in total. The highest BCUT2D eigenvalue weighted by Gasteiger charge is 2.47. The molecule has 0 bridgehead atoms. The fraction of sp³-hybridized carbons (Fsp3) is 0.600. The first-order valence-corrected chi connectivity index (χ1v) is 7.21. The molecule has 0 amide bonds. The van der Waals surface area contributed by atoms with Crippen LogP contribution in [0.4, 0.5) is 13.2 Å². The van der Waals surface area contributed by atoms with Gasteiger partial charge in [-0.3, -0.25) is 9.78 Å². The summed E-state index contributed by atoms with van der Waals surface area (Å²) in [5, 5.41) is 0. The second-order valence-corrected chi connectivity index (χ2v) is 5.87. The van der Waals surface area contributed by atoms with Crippen molar-refractivity contribution in [1.29, 1.82) is 0 Å². The van der Waals surface area contributed by atoms with Gasteiger partial charge in [-0.15, -0.1) is 0 Å². The molecule has 2 fully saturated rings. The van der Waals surface area contributed by atoms with E-state index in [1.54, 1.807) is 0 Å². The third kappa shape index (κ3) is 3.09. The third-order valence-electron chi connectivity index (χ3n) is 4.27. The number of hydrogen-bond donors (Lipinski definition) is 0. The number of alkyl halides is 3. The molecule has 0 saturated carbocycles. The van der Waals surface area contributed by atoms with E-state index >= 15 is 0 Å². The molecule has 2 saturated heterocycles. The van der Waals surface area contributed by atoms with Crippen molar-refractivity contribution < 1.29 is 27.4 Å². The van der Waals surface area contributed by atoms with Crippen molar-refractivity contribution in [2.24, 2.45) is 5.92 Å². The molecule has 7 heteroatoms. The number of nitrogens with zero attached hydrogens (tertiary/aromatic N) is 1. The number of esters is 1. The van der Waals surface area contributed by atoms with Crippen LogP contribution in [0.15, 0.2) is 18.3 Å². The van der Waals surface area contributed by atoms with E-state index in [9.17, 15) is 18.0 Å². The summed E-state index contributed by atoms with van der Waals surface area (Å²) in [6.45, 7) is 1.14. The van der Waals surface area contributed by atoms with Crippen LogP contribution in [-0.4, -0.2) is 29.8 Å². The van der Waals surface area contributed by atoms with Crippen LogP contribution in [0.3, 0.4) is 0 Å². The van der Waals surface area contributed by atoms with Gasteiger partial charge in [-0.1, -0.05) is 6.07 Å². The lowest BCUT2D eigenvalue weighted by atomic mass is 9.85. The lowest BCUT2D eigenvalue weighted by Gasteiger charge is -2.31. The van der Waals surface area contributed by atoms with Crippen LogP contribution in [0.1, 0.15) is 30.5 Å². The molecule has 0 radical (unpaired) electrons. The van der Waals surface area contributed by atoms with Crippen molar-refractivity contribution in [3.63, 3.8) is 0 Å². The second kappa shape index (κ2) is 5.53. The van der Waals surface area contributed by atoms with Gasteiger partial charge in [-0.05, 0) is 18.1 Å². The summed E-state index contributed by atoms with van der Waals surface area (Å²) in [7, 11) is 0. The Kier molecular flexibility index (Phi) is 3.84. The third-order valence-corrected chi connectivity index (χ3v) is 4.27. The number of halogens is 3. The number of ether oxygens (including phenoxy) is 2. The first-order chi connectivity index (χ1) is 10.4. The zero-order chi connectivity index (χ0) is 15.8. The summed E-state index contributed by atoms with van der Waals surface area (Å²) in [6, 6.07) is 2.32. The molecule has 2 aliphatic heterocycles.